The first-order valence-corrected chi connectivity index (χ1v) is 8.65. The van der Waals surface area contributed by atoms with E-state index in [-0.39, 0.29) is 18.2 Å². The molecule has 1 amide bonds. The molecule has 23 heavy (non-hydrogen) atoms. The maximum atomic E-state index is 12.9. The van der Waals surface area contributed by atoms with Gasteiger partial charge in [0.2, 0.25) is 5.91 Å². The summed E-state index contributed by atoms with van der Waals surface area (Å²) in [5.74, 6) is -0.379. The van der Waals surface area contributed by atoms with E-state index in [1.807, 2.05) is 35.2 Å². The van der Waals surface area contributed by atoms with Gasteiger partial charge in [-0.1, -0.05) is 43.2 Å². The van der Waals surface area contributed by atoms with Gasteiger partial charge in [-0.2, -0.15) is 0 Å². The number of amides is 1. The molecule has 1 aromatic rings. The Morgan fingerprint density at radius 3 is 2.52 bits per heavy atom. The molecule has 0 bridgehead atoms. The van der Waals surface area contributed by atoms with Crippen LogP contribution in [-0.4, -0.2) is 28.4 Å². The van der Waals surface area contributed by atoms with Crippen molar-refractivity contribution < 1.29 is 14.7 Å². The highest BCUT2D eigenvalue weighted by atomic mass is 16.4. The van der Waals surface area contributed by atoms with Crippen molar-refractivity contribution in [2.45, 2.75) is 51.5 Å². The van der Waals surface area contributed by atoms with Gasteiger partial charge in [-0.15, -0.1) is 0 Å². The monoisotopic (exact) mass is 315 g/mol. The molecule has 0 heterocycles. The molecule has 1 aromatic carbocycles. The van der Waals surface area contributed by atoms with Crippen LogP contribution in [0.1, 0.15) is 50.5 Å². The quantitative estimate of drug-likeness (QED) is 0.838. The summed E-state index contributed by atoms with van der Waals surface area (Å²) < 4.78 is 0. The standard InChI is InChI=1S/C19H25NO3/c21-17(22)9-6-12-20(14-15-7-2-1-3-8-15)18(23)16-13-19(16)10-4-5-11-19/h1-3,7-8,16H,4-6,9-14H2,(H,21,22). The number of benzene rings is 1. The van der Waals surface area contributed by atoms with E-state index in [1.54, 1.807) is 0 Å². The van der Waals surface area contributed by atoms with Crippen LogP contribution in [0.25, 0.3) is 0 Å². The number of carboxylic acid groups (broad SMARTS) is 1. The molecule has 2 aliphatic carbocycles. The molecule has 0 aliphatic heterocycles. The van der Waals surface area contributed by atoms with Crippen LogP contribution in [0.15, 0.2) is 30.3 Å². The molecule has 2 fully saturated rings. The summed E-state index contributed by atoms with van der Waals surface area (Å²) in [4.78, 5) is 25.6. The molecule has 2 saturated carbocycles. The van der Waals surface area contributed by atoms with Gasteiger partial charge in [0, 0.05) is 25.4 Å². The average molecular weight is 315 g/mol. The van der Waals surface area contributed by atoms with Gasteiger partial charge in [-0.05, 0) is 36.7 Å². The summed E-state index contributed by atoms with van der Waals surface area (Å²) in [5.41, 5.74) is 1.40. The molecule has 0 aromatic heterocycles. The fraction of sp³-hybridized carbons (Fsp3) is 0.579. The predicted octanol–water partition coefficient (Wildman–Crippen LogP) is 3.46. The van der Waals surface area contributed by atoms with Crippen molar-refractivity contribution in [1.82, 2.24) is 4.90 Å². The molecule has 4 nitrogen and oxygen atoms in total. The highest BCUT2D eigenvalue weighted by Crippen LogP contribution is 2.63. The minimum atomic E-state index is -0.796. The highest BCUT2D eigenvalue weighted by Gasteiger charge is 2.59. The molecule has 1 spiro atoms. The van der Waals surface area contributed by atoms with E-state index in [2.05, 4.69) is 0 Å². The number of aliphatic carboxylic acids is 1. The van der Waals surface area contributed by atoms with E-state index < -0.39 is 5.97 Å². The summed E-state index contributed by atoms with van der Waals surface area (Å²) in [7, 11) is 0. The lowest BCUT2D eigenvalue weighted by Crippen LogP contribution is -2.34. The number of nitrogens with zero attached hydrogens (tertiary/aromatic N) is 1. The second-order valence-electron chi connectivity index (χ2n) is 7.07. The Kier molecular flexibility index (Phi) is 4.69. The predicted molar refractivity (Wildman–Crippen MR) is 87.7 cm³/mol. The lowest BCUT2D eigenvalue weighted by molar-refractivity contribution is -0.138. The van der Waals surface area contributed by atoms with Gasteiger partial charge >= 0.3 is 5.97 Å². The Morgan fingerprint density at radius 2 is 1.87 bits per heavy atom. The van der Waals surface area contributed by atoms with Gasteiger partial charge in [-0.25, -0.2) is 0 Å². The molecule has 1 unspecified atom stereocenters. The fourth-order valence-electron chi connectivity index (χ4n) is 4.04. The van der Waals surface area contributed by atoms with Gasteiger partial charge < -0.3 is 10.0 Å². The second-order valence-corrected chi connectivity index (χ2v) is 7.07. The lowest BCUT2D eigenvalue weighted by atomic mass is 10.0. The van der Waals surface area contributed by atoms with Crippen LogP contribution in [0, 0.1) is 11.3 Å². The summed E-state index contributed by atoms with van der Waals surface area (Å²) in [6.45, 7) is 1.12. The third-order valence-electron chi connectivity index (χ3n) is 5.43. The summed E-state index contributed by atoms with van der Waals surface area (Å²) in [6, 6.07) is 9.97. The van der Waals surface area contributed by atoms with Gasteiger partial charge in [0.05, 0.1) is 0 Å². The van der Waals surface area contributed by atoms with E-state index in [0.29, 0.717) is 24.9 Å². The molecule has 2 aliphatic rings. The molecule has 4 heteroatoms. The zero-order chi connectivity index (χ0) is 16.3. The molecule has 1 N–H and O–H groups in total. The Labute approximate surface area is 137 Å². The van der Waals surface area contributed by atoms with Crippen molar-refractivity contribution in [2.24, 2.45) is 11.3 Å². The number of carbonyl (C=O) groups excluding carboxylic acids is 1. The minimum Gasteiger partial charge on any atom is -0.481 e. The van der Waals surface area contributed by atoms with Crippen LogP contribution in [0.3, 0.4) is 0 Å². The van der Waals surface area contributed by atoms with Gasteiger partial charge in [0.1, 0.15) is 0 Å². The van der Waals surface area contributed by atoms with E-state index in [4.69, 9.17) is 5.11 Å². The normalized spacial score (nSPS) is 21.3. The number of rotatable bonds is 7. The van der Waals surface area contributed by atoms with Crippen LogP contribution in [0.2, 0.25) is 0 Å². The Balaban J connectivity index is 1.64. The summed E-state index contributed by atoms with van der Waals surface area (Å²) in [6.07, 6.45) is 6.57. The zero-order valence-corrected chi connectivity index (χ0v) is 13.5. The first-order valence-electron chi connectivity index (χ1n) is 8.65. The van der Waals surface area contributed by atoms with Crippen molar-refractivity contribution >= 4 is 11.9 Å². The van der Waals surface area contributed by atoms with Gasteiger partial charge in [0.15, 0.2) is 0 Å². The van der Waals surface area contributed by atoms with Crippen LogP contribution in [-0.2, 0) is 16.1 Å². The van der Waals surface area contributed by atoms with Crippen LogP contribution in [0.4, 0.5) is 0 Å². The van der Waals surface area contributed by atoms with Crippen molar-refractivity contribution in [3.8, 4) is 0 Å². The summed E-state index contributed by atoms with van der Waals surface area (Å²) in [5, 5.41) is 8.84. The average Bonchev–Trinajstić information content (AvgIpc) is 3.03. The number of hydrogen-bond acceptors (Lipinski definition) is 2. The van der Waals surface area contributed by atoms with Crippen LogP contribution in [0.5, 0.6) is 0 Å². The van der Waals surface area contributed by atoms with E-state index in [0.717, 1.165) is 12.0 Å². The zero-order valence-electron chi connectivity index (χ0n) is 13.5. The number of carbonyl (C=O) groups is 2. The highest BCUT2D eigenvalue weighted by molar-refractivity contribution is 5.83. The Hall–Kier alpha value is -1.84. The van der Waals surface area contributed by atoms with Gasteiger partial charge in [-0.3, -0.25) is 9.59 Å². The molecular weight excluding hydrogens is 290 g/mol. The van der Waals surface area contributed by atoms with E-state index in [9.17, 15) is 9.59 Å². The van der Waals surface area contributed by atoms with Crippen molar-refractivity contribution in [3.63, 3.8) is 0 Å². The Morgan fingerprint density at radius 1 is 1.17 bits per heavy atom. The molecule has 3 rings (SSSR count). The molecule has 0 saturated heterocycles. The minimum absolute atomic E-state index is 0.119. The molecule has 1 atom stereocenters. The van der Waals surface area contributed by atoms with Crippen molar-refractivity contribution in [3.05, 3.63) is 35.9 Å². The Bertz CT molecular complexity index is 563. The maximum Gasteiger partial charge on any atom is 0.303 e. The molecular formula is C19H25NO3. The number of carboxylic acids is 1. The topological polar surface area (TPSA) is 57.6 Å². The fourth-order valence-corrected chi connectivity index (χ4v) is 4.04. The lowest BCUT2D eigenvalue weighted by Gasteiger charge is -2.24. The molecule has 0 radical (unpaired) electrons. The third-order valence-corrected chi connectivity index (χ3v) is 5.43. The summed E-state index contributed by atoms with van der Waals surface area (Å²) >= 11 is 0. The largest absolute Gasteiger partial charge is 0.481 e. The van der Waals surface area contributed by atoms with Crippen molar-refractivity contribution in [1.29, 1.82) is 0 Å². The SMILES string of the molecule is O=C(O)CCCN(Cc1ccccc1)C(=O)C1CC12CCCC2. The van der Waals surface area contributed by atoms with Crippen LogP contribution >= 0.6 is 0 Å². The van der Waals surface area contributed by atoms with Gasteiger partial charge in [0.25, 0.3) is 0 Å². The first-order chi connectivity index (χ1) is 11.1. The number of hydrogen-bond donors (Lipinski definition) is 1. The first kappa shape index (κ1) is 16.0. The van der Waals surface area contributed by atoms with Crippen LogP contribution < -0.4 is 0 Å². The van der Waals surface area contributed by atoms with Crippen molar-refractivity contribution in [2.75, 3.05) is 6.54 Å². The molecule has 124 valence electrons. The van der Waals surface area contributed by atoms with E-state index in [1.165, 1.54) is 25.7 Å². The second kappa shape index (κ2) is 6.73. The third kappa shape index (κ3) is 3.74. The van der Waals surface area contributed by atoms with E-state index >= 15 is 0 Å². The smallest absolute Gasteiger partial charge is 0.303 e. The maximum absolute atomic E-state index is 12.9.